The highest BCUT2D eigenvalue weighted by Gasteiger charge is 2.15. The van der Waals surface area contributed by atoms with Crippen molar-refractivity contribution in [2.24, 2.45) is 5.10 Å². The number of thiazole rings is 1. The van der Waals surface area contributed by atoms with Gasteiger partial charge in [-0.25, -0.2) is 10.4 Å². The molecule has 0 spiro atoms. The maximum Gasteiger partial charge on any atom is 0.283 e. The van der Waals surface area contributed by atoms with Crippen LogP contribution >= 0.6 is 11.3 Å². The molecule has 0 saturated carbocycles. The molecule has 2 aromatic carbocycles. The number of hydrazone groups is 1. The molecule has 6 nitrogen and oxygen atoms in total. The fourth-order valence-corrected chi connectivity index (χ4v) is 3.40. The van der Waals surface area contributed by atoms with E-state index in [4.69, 9.17) is 10.5 Å². The minimum Gasteiger partial charge on any atom is -0.489 e. The molecule has 0 atom stereocenters. The zero-order valence-corrected chi connectivity index (χ0v) is 16.6. The number of anilines is 1. The van der Waals surface area contributed by atoms with Crippen LogP contribution in [0.25, 0.3) is 0 Å². The number of carbonyl (C=O) groups excluding carboxylic acids is 1. The van der Waals surface area contributed by atoms with Gasteiger partial charge in [0.2, 0.25) is 0 Å². The van der Waals surface area contributed by atoms with Crippen molar-refractivity contribution < 1.29 is 9.53 Å². The first-order valence-electron chi connectivity index (χ1n) is 8.92. The summed E-state index contributed by atoms with van der Waals surface area (Å²) in [7, 11) is 0. The quantitative estimate of drug-likeness (QED) is 0.469. The van der Waals surface area contributed by atoms with E-state index in [1.807, 2.05) is 43.3 Å². The summed E-state index contributed by atoms with van der Waals surface area (Å²) in [5.41, 5.74) is 12.1. The van der Waals surface area contributed by atoms with Crippen molar-refractivity contribution in [2.45, 2.75) is 26.9 Å². The topological polar surface area (TPSA) is 89.6 Å². The van der Waals surface area contributed by atoms with Crippen molar-refractivity contribution in [3.05, 3.63) is 75.8 Å². The van der Waals surface area contributed by atoms with E-state index < -0.39 is 0 Å². The Morgan fingerprint density at radius 3 is 2.71 bits per heavy atom. The van der Waals surface area contributed by atoms with Crippen LogP contribution in [0.5, 0.6) is 5.75 Å². The molecule has 0 aliphatic heterocycles. The Kier molecular flexibility index (Phi) is 6.39. The van der Waals surface area contributed by atoms with E-state index in [-0.39, 0.29) is 5.91 Å². The van der Waals surface area contributed by atoms with Crippen LogP contribution in [0.4, 0.5) is 5.13 Å². The van der Waals surface area contributed by atoms with Crippen LogP contribution < -0.4 is 15.9 Å². The summed E-state index contributed by atoms with van der Waals surface area (Å²) in [6, 6.07) is 15.6. The second kappa shape index (κ2) is 9.14. The molecule has 0 radical (unpaired) electrons. The van der Waals surface area contributed by atoms with Gasteiger partial charge >= 0.3 is 0 Å². The molecule has 0 fully saturated rings. The summed E-state index contributed by atoms with van der Waals surface area (Å²) in [5.74, 6) is 0.470. The molecule has 0 unspecified atom stereocenters. The first-order valence-corrected chi connectivity index (χ1v) is 9.74. The smallest absolute Gasteiger partial charge is 0.283 e. The van der Waals surface area contributed by atoms with E-state index in [2.05, 4.69) is 34.6 Å². The van der Waals surface area contributed by atoms with Crippen molar-refractivity contribution >= 4 is 28.6 Å². The Hall–Kier alpha value is -3.19. The third kappa shape index (κ3) is 4.95. The summed E-state index contributed by atoms with van der Waals surface area (Å²) >= 11 is 1.16. The van der Waals surface area contributed by atoms with Crippen molar-refractivity contribution in [1.82, 2.24) is 10.4 Å². The summed E-state index contributed by atoms with van der Waals surface area (Å²) in [5, 5.41) is 4.39. The van der Waals surface area contributed by atoms with Crippen LogP contribution in [0.1, 0.15) is 39.0 Å². The summed E-state index contributed by atoms with van der Waals surface area (Å²) in [6.45, 7) is 4.52. The van der Waals surface area contributed by atoms with Gasteiger partial charge in [0.1, 0.15) is 17.2 Å². The van der Waals surface area contributed by atoms with E-state index >= 15 is 0 Å². The molecule has 1 aromatic heterocycles. The number of rotatable bonds is 7. The number of aromatic nitrogens is 1. The molecule has 0 saturated heterocycles. The predicted molar refractivity (Wildman–Crippen MR) is 113 cm³/mol. The van der Waals surface area contributed by atoms with Gasteiger partial charge in [0.25, 0.3) is 5.91 Å². The molecule has 144 valence electrons. The zero-order chi connectivity index (χ0) is 19.9. The number of hydrogen-bond acceptors (Lipinski definition) is 6. The first-order chi connectivity index (χ1) is 13.6. The van der Waals surface area contributed by atoms with E-state index in [1.165, 1.54) is 5.56 Å². The van der Waals surface area contributed by atoms with Gasteiger partial charge in [-0.1, -0.05) is 42.5 Å². The van der Waals surface area contributed by atoms with Gasteiger partial charge in [-0.2, -0.15) is 5.10 Å². The van der Waals surface area contributed by atoms with Crippen molar-refractivity contribution in [3.8, 4) is 5.75 Å². The molecular formula is C21H22N4O2S. The van der Waals surface area contributed by atoms with Crippen LogP contribution in [0.15, 0.2) is 53.6 Å². The van der Waals surface area contributed by atoms with E-state index in [1.54, 1.807) is 6.21 Å². The van der Waals surface area contributed by atoms with Crippen molar-refractivity contribution in [3.63, 3.8) is 0 Å². The summed E-state index contributed by atoms with van der Waals surface area (Å²) in [4.78, 5) is 16.8. The minimum atomic E-state index is -0.305. The molecule has 0 aliphatic carbocycles. The fourth-order valence-electron chi connectivity index (χ4n) is 2.59. The third-order valence-electron chi connectivity index (χ3n) is 4.17. The van der Waals surface area contributed by atoms with E-state index in [9.17, 15) is 4.79 Å². The molecule has 3 rings (SSSR count). The van der Waals surface area contributed by atoms with Crippen molar-refractivity contribution in [2.75, 3.05) is 5.73 Å². The highest BCUT2D eigenvalue weighted by Crippen LogP contribution is 2.20. The molecule has 28 heavy (non-hydrogen) atoms. The maximum absolute atomic E-state index is 12.2. The summed E-state index contributed by atoms with van der Waals surface area (Å²) < 4.78 is 5.82. The van der Waals surface area contributed by atoms with Gasteiger partial charge in [0.15, 0.2) is 5.13 Å². The lowest BCUT2D eigenvalue weighted by Gasteiger charge is -2.08. The largest absolute Gasteiger partial charge is 0.489 e. The Morgan fingerprint density at radius 1 is 1.25 bits per heavy atom. The zero-order valence-electron chi connectivity index (χ0n) is 15.8. The average molecular weight is 395 g/mol. The van der Waals surface area contributed by atoms with Crippen LogP contribution in [-0.2, 0) is 13.0 Å². The number of carbonyl (C=O) groups is 1. The Labute approximate surface area is 168 Å². The van der Waals surface area contributed by atoms with E-state index in [0.29, 0.717) is 28.7 Å². The number of nitrogen functional groups attached to an aromatic ring is 1. The van der Waals surface area contributed by atoms with Gasteiger partial charge in [-0.3, -0.25) is 4.79 Å². The Balaban J connectivity index is 1.55. The molecule has 0 aliphatic rings. The minimum absolute atomic E-state index is 0.305. The van der Waals surface area contributed by atoms with Gasteiger partial charge in [0, 0.05) is 0 Å². The number of nitrogens with zero attached hydrogens (tertiary/aromatic N) is 2. The van der Waals surface area contributed by atoms with Gasteiger partial charge in [-0.05, 0) is 54.3 Å². The maximum atomic E-state index is 12.2. The lowest BCUT2D eigenvalue weighted by molar-refractivity contribution is 0.0958. The number of aryl methyl sites for hydroxylation is 2. The van der Waals surface area contributed by atoms with Gasteiger partial charge < -0.3 is 10.5 Å². The normalized spacial score (nSPS) is 10.9. The van der Waals surface area contributed by atoms with E-state index in [0.717, 1.165) is 28.2 Å². The lowest BCUT2D eigenvalue weighted by Crippen LogP contribution is -2.17. The highest BCUT2D eigenvalue weighted by molar-refractivity contribution is 7.17. The molecule has 3 N–H and O–H groups in total. The predicted octanol–water partition coefficient (Wildman–Crippen LogP) is 3.94. The Bertz CT molecular complexity index is 980. The highest BCUT2D eigenvalue weighted by atomic mass is 32.1. The molecule has 0 bridgehead atoms. The number of nitrogens with two attached hydrogens (primary N) is 1. The van der Waals surface area contributed by atoms with Gasteiger partial charge in [-0.15, -0.1) is 0 Å². The van der Waals surface area contributed by atoms with Gasteiger partial charge in [0.05, 0.1) is 11.9 Å². The summed E-state index contributed by atoms with van der Waals surface area (Å²) in [6.07, 6.45) is 2.23. The monoisotopic (exact) mass is 394 g/mol. The number of nitrogens with one attached hydrogen (secondary N) is 1. The van der Waals surface area contributed by atoms with Crippen LogP contribution in [0.3, 0.4) is 0 Å². The van der Waals surface area contributed by atoms with Crippen LogP contribution in [0.2, 0.25) is 0 Å². The van der Waals surface area contributed by atoms with Crippen LogP contribution in [-0.4, -0.2) is 17.1 Å². The first kappa shape index (κ1) is 19.6. The second-order valence-electron chi connectivity index (χ2n) is 6.16. The van der Waals surface area contributed by atoms with Crippen LogP contribution in [0, 0.1) is 6.92 Å². The number of benzene rings is 2. The Morgan fingerprint density at radius 2 is 2.00 bits per heavy atom. The standard InChI is InChI=1S/C21H22N4O2S/c1-3-18-19(28-21(22)24-18)20(26)25-23-12-15-8-10-17(11-9-15)27-13-16-7-5-4-6-14(16)2/h4-12H,3,13H2,1-2H3,(H2,22,24)(H,25,26). The average Bonchev–Trinajstić information content (AvgIpc) is 3.09. The number of amides is 1. The molecule has 7 heteroatoms. The van der Waals surface area contributed by atoms with Crippen molar-refractivity contribution in [1.29, 1.82) is 0 Å². The number of ether oxygens (including phenoxy) is 1. The fraction of sp³-hybridized carbons (Fsp3) is 0.190. The number of hydrogen-bond donors (Lipinski definition) is 2. The molecular weight excluding hydrogens is 372 g/mol. The molecule has 1 heterocycles. The second-order valence-corrected chi connectivity index (χ2v) is 7.20. The lowest BCUT2D eigenvalue weighted by atomic mass is 10.1. The SMILES string of the molecule is CCc1nc(N)sc1C(=O)NN=Cc1ccc(OCc2ccccc2C)cc1. The molecule has 1 amide bonds. The molecule has 3 aromatic rings. The third-order valence-corrected chi connectivity index (χ3v) is 5.10.